The lowest BCUT2D eigenvalue weighted by atomic mass is 10.1. The maximum Gasteiger partial charge on any atom is 0.253 e. The summed E-state index contributed by atoms with van der Waals surface area (Å²) in [5, 5.41) is 0. The molecule has 1 saturated heterocycles. The Kier molecular flexibility index (Phi) is 1.90. The molecule has 0 spiro atoms. The molecule has 0 N–H and O–H groups in total. The van der Waals surface area contributed by atoms with E-state index in [-0.39, 0.29) is 5.91 Å². The molecule has 1 aliphatic carbocycles. The zero-order chi connectivity index (χ0) is 12.3. The first-order valence-corrected chi connectivity index (χ1v) is 6.71. The number of likely N-dealkylation sites (tertiary alicyclic amines) is 1. The van der Waals surface area contributed by atoms with Gasteiger partial charge in [-0.2, -0.15) is 0 Å². The number of piperidine rings is 1. The summed E-state index contributed by atoms with van der Waals surface area (Å²) in [7, 11) is 0. The first kappa shape index (κ1) is 10.4. The van der Waals surface area contributed by atoms with Crippen LogP contribution in [0.5, 0.6) is 5.75 Å². The summed E-state index contributed by atoms with van der Waals surface area (Å²) in [5.41, 5.74) is 2.43. The van der Waals surface area contributed by atoms with Gasteiger partial charge in [-0.05, 0) is 41.5 Å². The molecule has 2 unspecified atom stereocenters. The SMILES string of the molecule is CC12CC1CN(C(=O)c1ccc3c(c1)CCO3)C2. The average molecular weight is 243 g/mol. The molecular weight excluding hydrogens is 226 g/mol. The molecule has 2 fully saturated rings. The number of ether oxygens (including phenoxy) is 1. The quantitative estimate of drug-likeness (QED) is 0.756. The van der Waals surface area contributed by atoms with E-state index in [1.165, 1.54) is 12.0 Å². The van der Waals surface area contributed by atoms with Crippen molar-refractivity contribution in [2.75, 3.05) is 19.7 Å². The summed E-state index contributed by atoms with van der Waals surface area (Å²) in [6, 6.07) is 5.85. The number of hydrogen-bond donors (Lipinski definition) is 0. The highest BCUT2D eigenvalue weighted by atomic mass is 16.5. The van der Waals surface area contributed by atoms with Crippen LogP contribution in [-0.2, 0) is 6.42 Å². The molecule has 1 aromatic rings. The monoisotopic (exact) mass is 243 g/mol. The Morgan fingerprint density at radius 3 is 3.17 bits per heavy atom. The van der Waals surface area contributed by atoms with Crippen molar-refractivity contribution in [2.24, 2.45) is 11.3 Å². The highest BCUT2D eigenvalue weighted by molar-refractivity contribution is 5.95. The molecular formula is C15H17NO2. The van der Waals surface area contributed by atoms with E-state index in [0.29, 0.717) is 5.41 Å². The largest absolute Gasteiger partial charge is 0.493 e. The molecule has 18 heavy (non-hydrogen) atoms. The third kappa shape index (κ3) is 1.39. The normalized spacial score (nSPS) is 31.8. The van der Waals surface area contributed by atoms with Crippen molar-refractivity contribution in [3.8, 4) is 5.75 Å². The minimum atomic E-state index is 0.193. The van der Waals surface area contributed by atoms with Crippen LogP contribution in [0.15, 0.2) is 18.2 Å². The number of carbonyl (C=O) groups excluding carboxylic acids is 1. The zero-order valence-electron chi connectivity index (χ0n) is 10.6. The fourth-order valence-corrected chi connectivity index (χ4v) is 3.41. The number of benzene rings is 1. The van der Waals surface area contributed by atoms with E-state index >= 15 is 0 Å². The highest BCUT2D eigenvalue weighted by Gasteiger charge is 2.57. The topological polar surface area (TPSA) is 29.5 Å². The molecule has 1 aromatic carbocycles. The molecule has 3 nitrogen and oxygen atoms in total. The van der Waals surface area contributed by atoms with Gasteiger partial charge in [0.15, 0.2) is 0 Å². The van der Waals surface area contributed by atoms with Crippen LogP contribution in [0.2, 0.25) is 0 Å². The number of fused-ring (bicyclic) bond motifs is 2. The molecule has 0 aromatic heterocycles. The van der Waals surface area contributed by atoms with Crippen LogP contribution in [-0.4, -0.2) is 30.5 Å². The molecule has 0 radical (unpaired) electrons. The van der Waals surface area contributed by atoms with Gasteiger partial charge < -0.3 is 9.64 Å². The summed E-state index contributed by atoms with van der Waals surface area (Å²) >= 11 is 0. The van der Waals surface area contributed by atoms with Crippen LogP contribution >= 0.6 is 0 Å². The molecule has 2 heterocycles. The summed E-state index contributed by atoms with van der Waals surface area (Å²) in [4.78, 5) is 14.5. The average Bonchev–Trinajstić information content (AvgIpc) is 2.77. The Hall–Kier alpha value is -1.51. The van der Waals surface area contributed by atoms with Gasteiger partial charge in [0.2, 0.25) is 0 Å². The van der Waals surface area contributed by atoms with Gasteiger partial charge in [-0.3, -0.25) is 4.79 Å². The summed E-state index contributed by atoms with van der Waals surface area (Å²) in [6.45, 7) is 4.92. The van der Waals surface area contributed by atoms with Crippen molar-refractivity contribution in [1.82, 2.24) is 4.90 Å². The number of carbonyl (C=O) groups is 1. The number of rotatable bonds is 1. The van der Waals surface area contributed by atoms with Gasteiger partial charge in [0.05, 0.1) is 6.61 Å². The lowest BCUT2D eigenvalue weighted by Crippen LogP contribution is -2.31. The summed E-state index contributed by atoms with van der Waals surface area (Å²) in [6.07, 6.45) is 2.23. The van der Waals surface area contributed by atoms with Gasteiger partial charge in [-0.1, -0.05) is 6.92 Å². The Morgan fingerprint density at radius 2 is 2.39 bits per heavy atom. The van der Waals surface area contributed by atoms with E-state index in [1.807, 2.05) is 23.1 Å². The maximum absolute atomic E-state index is 12.4. The first-order valence-electron chi connectivity index (χ1n) is 6.71. The summed E-state index contributed by atoms with van der Waals surface area (Å²) in [5.74, 6) is 1.89. The molecule has 4 rings (SSSR count). The first-order chi connectivity index (χ1) is 8.66. The van der Waals surface area contributed by atoms with Crippen LogP contribution in [0.3, 0.4) is 0 Å². The van der Waals surface area contributed by atoms with E-state index in [2.05, 4.69) is 6.92 Å². The maximum atomic E-state index is 12.4. The van der Waals surface area contributed by atoms with Gasteiger partial charge in [0.1, 0.15) is 5.75 Å². The lowest BCUT2D eigenvalue weighted by Gasteiger charge is -2.19. The van der Waals surface area contributed by atoms with Crippen molar-refractivity contribution in [2.45, 2.75) is 19.8 Å². The molecule has 3 aliphatic rings. The minimum Gasteiger partial charge on any atom is -0.493 e. The Balaban J connectivity index is 1.58. The van der Waals surface area contributed by atoms with Crippen LogP contribution in [0.1, 0.15) is 29.3 Å². The number of hydrogen-bond acceptors (Lipinski definition) is 2. The Morgan fingerprint density at radius 1 is 1.50 bits per heavy atom. The number of amides is 1. The molecule has 3 heteroatoms. The molecule has 1 saturated carbocycles. The van der Waals surface area contributed by atoms with Crippen LogP contribution in [0.4, 0.5) is 0 Å². The van der Waals surface area contributed by atoms with E-state index in [4.69, 9.17) is 4.74 Å². The predicted octanol–water partition coefficient (Wildman–Crippen LogP) is 2.10. The van der Waals surface area contributed by atoms with Gasteiger partial charge in [0, 0.05) is 25.1 Å². The standard InChI is InChI=1S/C15H17NO2/c1-15-7-12(15)8-16(9-15)14(17)11-2-3-13-10(6-11)4-5-18-13/h2-3,6,12H,4-5,7-9H2,1H3. The van der Waals surface area contributed by atoms with E-state index in [1.54, 1.807) is 0 Å². The van der Waals surface area contributed by atoms with E-state index < -0.39 is 0 Å². The second-order valence-electron chi connectivity index (χ2n) is 6.16. The Bertz CT molecular complexity index is 539. The van der Waals surface area contributed by atoms with Crippen molar-refractivity contribution < 1.29 is 9.53 Å². The van der Waals surface area contributed by atoms with E-state index in [0.717, 1.165) is 43.3 Å². The van der Waals surface area contributed by atoms with Gasteiger partial charge in [0.25, 0.3) is 5.91 Å². The zero-order valence-corrected chi connectivity index (χ0v) is 10.6. The molecule has 2 atom stereocenters. The molecule has 0 bridgehead atoms. The van der Waals surface area contributed by atoms with Gasteiger partial charge in [-0.25, -0.2) is 0 Å². The Labute approximate surface area is 107 Å². The van der Waals surface area contributed by atoms with Crippen molar-refractivity contribution in [3.05, 3.63) is 29.3 Å². The van der Waals surface area contributed by atoms with E-state index in [9.17, 15) is 4.79 Å². The fourth-order valence-electron chi connectivity index (χ4n) is 3.41. The summed E-state index contributed by atoms with van der Waals surface area (Å²) < 4.78 is 5.47. The molecule has 94 valence electrons. The van der Waals surface area contributed by atoms with Crippen molar-refractivity contribution >= 4 is 5.91 Å². The second-order valence-corrected chi connectivity index (χ2v) is 6.16. The van der Waals surface area contributed by atoms with Crippen LogP contribution < -0.4 is 4.74 Å². The molecule has 2 aliphatic heterocycles. The lowest BCUT2D eigenvalue weighted by molar-refractivity contribution is 0.0766. The van der Waals surface area contributed by atoms with Gasteiger partial charge in [-0.15, -0.1) is 0 Å². The smallest absolute Gasteiger partial charge is 0.253 e. The van der Waals surface area contributed by atoms with Gasteiger partial charge >= 0.3 is 0 Å². The third-order valence-electron chi connectivity index (χ3n) is 4.75. The highest BCUT2D eigenvalue weighted by Crippen LogP contribution is 2.57. The molecule has 1 amide bonds. The minimum absolute atomic E-state index is 0.193. The van der Waals surface area contributed by atoms with Crippen molar-refractivity contribution in [3.63, 3.8) is 0 Å². The van der Waals surface area contributed by atoms with Crippen molar-refractivity contribution in [1.29, 1.82) is 0 Å². The fraction of sp³-hybridized carbons (Fsp3) is 0.533. The second kappa shape index (κ2) is 3.28. The van der Waals surface area contributed by atoms with Crippen LogP contribution in [0, 0.1) is 11.3 Å². The third-order valence-corrected chi connectivity index (χ3v) is 4.75. The predicted molar refractivity (Wildman–Crippen MR) is 67.8 cm³/mol. The van der Waals surface area contributed by atoms with Crippen LogP contribution in [0.25, 0.3) is 0 Å². The number of nitrogens with zero attached hydrogens (tertiary/aromatic N) is 1.